The number of aromatic nitrogens is 2. The van der Waals surface area contributed by atoms with E-state index in [-0.39, 0.29) is 18.3 Å². The van der Waals surface area contributed by atoms with Gasteiger partial charge < -0.3 is 24.6 Å². The molecule has 1 N–H and O–H groups in total. The average molecular weight is 585 g/mol. The second-order valence-corrected chi connectivity index (χ2v) is 10.7. The van der Waals surface area contributed by atoms with Crippen LogP contribution in [0.2, 0.25) is 0 Å². The van der Waals surface area contributed by atoms with Crippen molar-refractivity contribution in [2.75, 3.05) is 48.9 Å². The minimum absolute atomic E-state index is 0.181. The standard InChI is InChI=1S/C33H37FN6O3/c1-23-21-39(18-17-38(23)3)30-14-13-27(20-29(30)34)36-32-35-16-15-31(37-32)40(22-25-9-8-12-28(19-25)42-4)33(41)43-24(2)26-10-6-5-7-11-26/h5-16,19-20,23-24H,17-18,21-22H2,1-4H3,(H,35,36,37)/t23?,24-/m0/s1. The number of hydrogen-bond donors (Lipinski definition) is 1. The lowest BCUT2D eigenvalue weighted by Gasteiger charge is -2.39. The zero-order chi connectivity index (χ0) is 30.3. The van der Waals surface area contributed by atoms with Gasteiger partial charge in [0.2, 0.25) is 5.95 Å². The summed E-state index contributed by atoms with van der Waals surface area (Å²) in [5.41, 5.74) is 2.77. The molecule has 0 saturated carbocycles. The number of halogens is 1. The summed E-state index contributed by atoms with van der Waals surface area (Å²) in [4.78, 5) is 28.3. The highest BCUT2D eigenvalue weighted by atomic mass is 19.1. The van der Waals surface area contributed by atoms with E-state index in [0.29, 0.717) is 29.0 Å². The van der Waals surface area contributed by atoms with Gasteiger partial charge in [-0.3, -0.25) is 4.90 Å². The van der Waals surface area contributed by atoms with Gasteiger partial charge in [-0.1, -0.05) is 42.5 Å². The van der Waals surface area contributed by atoms with E-state index in [4.69, 9.17) is 9.47 Å². The number of piperazine rings is 1. The molecule has 224 valence electrons. The van der Waals surface area contributed by atoms with E-state index in [1.807, 2.05) is 61.5 Å². The summed E-state index contributed by atoms with van der Waals surface area (Å²) in [6.45, 7) is 6.54. The Kier molecular flexibility index (Phi) is 9.36. The predicted octanol–water partition coefficient (Wildman–Crippen LogP) is 6.41. The molecule has 0 bridgehead atoms. The van der Waals surface area contributed by atoms with Crippen LogP contribution in [-0.4, -0.2) is 60.8 Å². The average Bonchev–Trinajstić information content (AvgIpc) is 3.02. The van der Waals surface area contributed by atoms with E-state index >= 15 is 4.39 Å². The Bertz CT molecular complexity index is 1540. The zero-order valence-corrected chi connectivity index (χ0v) is 24.9. The summed E-state index contributed by atoms with van der Waals surface area (Å²) in [5, 5.41) is 3.09. The van der Waals surface area contributed by atoms with Crippen molar-refractivity contribution in [1.29, 1.82) is 0 Å². The highest BCUT2D eigenvalue weighted by molar-refractivity contribution is 5.86. The molecule has 2 atom stereocenters. The first-order chi connectivity index (χ1) is 20.8. The summed E-state index contributed by atoms with van der Waals surface area (Å²) >= 11 is 0. The quantitative estimate of drug-likeness (QED) is 0.242. The van der Waals surface area contributed by atoms with Gasteiger partial charge in [0.25, 0.3) is 0 Å². The van der Waals surface area contributed by atoms with Crippen LogP contribution in [0.25, 0.3) is 0 Å². The number of hydrogen-bond acceptors (Lipinski definition) is 8. The fourth-order valence-electron chi connectivity index (χ4n) is 5.00. The van der Waals surface area contributed by atoms with Crippen LogP contribution in [0.5, 0.6) is 5.75 Å². The van der Waals surface area contributed by atoms with Crippen LogP contribution in [-0.2, 0) is 11.3 Å². The zero-order valence-electron chi connectivity index (χ0n) is 24.9. The minimum atomic E-state index is -0.569. The molecule has 10 heteroatoms. The smallest absolute Gasteiger partial charge is 0.416 e. The number of carbonyl (C=O) groups excluding carboxylic acids is 1. The van der Waals surface area contributed by atoms with Crippen LogP contribution >= 0.6 is 0 Å². The van der Waals surface area contributed by atoms with Crippen molar-refractivity contribution < 1.29 is 18.7 Å². The highest BCUT2D eigenvalue weighted by Gasteiger charge is 2.24. The van der Waals surface area contributed by atoms with Crippen LogP contribution in [0.1, 0.15) is 31.1 Å². The first-order valence-electron chi connectivity index (χ1n) is 14.3. The topological polar surface area (TPSA) is 83.1 Å². The number of ether oxygens (including phenoxy) is 2. The van der Waals surface area contributed by atoms with Crippen molar-refractivity contribution in [3.63, 3.8) is 0 Å². The molecule has 0 aliphatic carbocycles. The van der Waals surface area contributed by atoms with E-state index in [1.54, 1.807) is 31.5 Å². The number of benzene rings is 3. The van der Waals surface area contributed by atoms with Crippen molar-refractivity contribution >= 4 is 29.2 Å². The monoisotopic (exact) mass is 584 g/mol. The molecular weight excluding hydrogens is 547 g/mol. The largest absolute Gasteiger partial charge is 0.497 e. The number of anilines is 4. The molecule has 1 aliphatic rings. The van der Waals surface area contributed by atoms with Crippen LogP contribution < -0.4 is 19.9 Å². The van der Waals surface area contributed by atoms with Gasteiger partial charge in [-0.05, 0) is 68.4 Å². The molecule has 0 spiro atoms. The fraction of sp³-hybridized carbons (Fsp3) is 0.303. The van der Waals surface area contributed by atoms with E-state index in [0.717, 1.165) is 30.8 Å². The van der Waals surface area contributed by atoms with Crippen LogP contribution in [0.4, 0.5) is 32.3 Å². The lowest BCUT2D eigenvalue weighted by atomic mass is 10.1. The Balaban J connectivity index is 1.37. The first kappa shape index (κ1) is 29.8. The summed E-state index contributed by atoms with van der Waals surface area (Å²) in [5.74, 6) is 0.896. The van der Waals surface area contributed by atoms with Crippen molar-refractivity contribution in [3.8, 4) is 5.75 Å². The molecule has 4 aromatic rings. The molecule has 1 saturated heterocycles. The van der Waals surface area contributed by atoms with E-state index in [2.05, 4.69) is 39.1 Å². The first-order valence-corrected chi connectivity index (χ1v) is 14.3. The molecule has 1 amide bonds. The molecule has 0 radical (unpaired) electrons. The van der Waals surface area contributed by atoms with Gasteiger partial charge in [0, 0.05) is 37.6 Å². The summed E-state index contributed by atoms with van der Waals surface area (Å²) in [6.07, 6.45) is 0.499. The lowest BCUT2D eigenvalue weighted by Crippen LogP contribution is -2.50. The number of likely N-dealkylation sites (N-methyl/N-ethyl adjacent to an activating group) is 1. The van der Waals surface area contributed by atoms with Crippen LogP contribution in [0.15, 0.2) is 85.1 Å². The minimum Gasteiger partial charge on any atom is -0.497 e. The Labute approximate surface area is 251 Å². The summed E-state index contributed by atoms with van der Waals surface area (Å²) < 4.78 is 26.5. The third-order valence-electron chi connectivity index (χ3n) is 7.66. The van der Waals surface area contributed by atoms with Gasteiger partial charge in [0.1, 0.15) is 23.5 Å². The molecular formula is C33H37FN6O3. The van der Waals surface area contributed by atoms with Crippen LogP contribution in [0.3, 0.4) is 0 Å². The van der Waals surface area contributed by atoms with Crippen molar-refractivity contribution in [2.45, 2.75) is 32.5 Å². The molecule has 1 fully saturated rings. The van der Waals surface area contributed by atoms with Gasteiger partial charge in [0.05, 0.1) is 19.3 Å². The van der Waals surface area contributed by atoms with Crippen molar-refractivity contribution in [1.82, 2.24) is 14.9 Å². The predicted molar refractivity (Wildman–Crippen MR) is 167 cm³/mol. The Morgan fingerprint density at radius 3 is 2.65 bits per heavy atom. The van der Waals surface area contributed by atoms with Gasteiger partial charge in [-0.15, -0.1) is 0 Å². The maximum absolute atomic E-state index is 15.2. The number of nitrogens with zero attached hydrogens (tertiary/aromatic N) is 5. The molecule has 2 heterocycles. The normalized spacial score (nSPS) is 15.9. The third-order valence-corrected chi connectivity index (χ3v) is 7.66. The van der Waals surface area contributed by atoms with Crippen molar-refractivity contribution in [2.24, 2.45) is 0 Å². The summed E-state index contributed by atoms with van der Waals surface area (Å²) in [7, 11) is 3.68. The number of carbonyl (C=O) groups is 1. The molecule has 9 nitrogen and oxygen atoms in total. The van der Waals surface area contributed by atoms with Crippen LogP contribution in [0, 0.1) is 5.82 Å². The maximum atomic E-state index is 15.2. The molecule has 1 unspecified atom stereocenters. The van der Waals surface area contributed by atoms with E-state index < -0.39 is 12.2 Å². The third kappa shape index (κ3) is 7.39. The number of methoxy groups -OCH3 is 1. The second-order valence-electron chi connectivity index (χ2n) is 10.7. The molecule has 43 heavy (non-hydrogen) atoms. The summed E-state index contributed by atoms with van der Waals surface area (Å²) in [6, 6.07) is 24.0. The lowest BCUT2D eigenvalue weighted by molar-refractivity contribution is 0.113. The molecule has 5 rings (SSSR count). The maximum Gasteiger partial charge on any atom is 0.416 e. The second kappa shape index (κ2) is 13.5. The van der Waals surface area contributed by atoms with Crippen molar-refractivity contribution in [3.05, 3.63) is 102 Å². The number of amides is 1. The Morgan fingerprint density at radius 1 is 1.09 bits per heavy atom. The fourth-order valence-corrected chi connectivity index (χ4v) is 5.00. The SMILES string of the molecule is COc1cccc(CN(C(=O)O[C@@H](C)c2ccccc2)c2ccnc(Nc3ccc(N4CCN(C)C(C)C4)c(F)c3)n2)c1. The molecule has 1 aromatic heterocycles. The van der Waals surface area contributed by atoms with Gasteiger partial charge in [-0.25, -0.2) is 14.2 Å². The Hall–Kier alpha value is -4.70. The van der Waals surface area contributed by atoms with E-state index in [1.165, 1.54) is 11.0 Å². The molecule has 1 aliphatic heterocycles. The van der Waals surface area contributed by atoms with Gasteiger partial charge >= 0.3 is 6.09 Å². The Morgan fingerprint density at radius 2 is 1.91 bits per heavy atom. The highest BCUT2D eigenvalue weighted by Crippen LogP contribution is 2.28. The number of nitrogens with one attached hydrogen (secondary N) is 1. The van der Waals surface area contributed by atoms with Gasteiger partial charge in [-0.2, -0.15) is 4.98 Å². The molecule has 3 aromatic carbocycles. The van der Waals surface area contributed by atoms with Gasteiger partial charge in [0.15, 0.2) is 0 Å². The van der Waals surface area contributed by atoms with E-state index in [9.17, 15) is 4.79 Å². The number of rotatable bonds is 9.